The number of benzene rings is 1. The third-order valence-electron chi connectivity index (χ3n) is 2.59. The molecule has 1 aromatic carbocycles. The molecule has 1 heterocycles. The molecule has 0 aliphatic carbocycles. The minimum absolute atomic E-state index is 0.0144. The smallest absolute Gasteiger partial charge is 0.297 e. The van der Waals surface area contributed by atoms with Crippen molar-refractivity contribution < 1.29 is 8.78 Å². The summed E-state index contributed by atoms with van der Waals surface area (Å²) in [5.41, 5.74) is -1.38. The van der Waals surface area contributed by atoms with Crippen LogP contribution >= 0.6 is 27.5 Å². The highest BCUT2D eigenvalue weighted by Crippen LogP contribution is 2.23. The Morgan fingerprint density at radius 1 is 1.25 bits per heavy atom. The maximum Gasteiger partial charge on any atom is 0.329 e. The lowest BCUT2D eigenvalue weighted by molar-refractivity contribution is 0.123. The highest BCUT2D eigenvalue weighted by Gasteiger charge is 2.17. The van der Waals surface area contributed by atoms with Crippen LogP contribution in [0.15, 0.2) is 38.3 Å². The maximum absolute atomic E-state index is 12.4. The van der Waals surface area contributed by atoms with Gasteiger partial charge < -0.3 is 0 Å². The Hall–Kier alpha value is -1.47. The molecule has 0 fully saturated rings. The summed E-state index contributed by atoms with van der Waals surface area (Å²) in [5, 5.41) is -0.173. The summed E-state index contributed by atoms with van der Waals surface area (Å²) >= 11 is 9.09. The summed E-state index contributed by atoms with van der Waals surface area (Å²) in [6.45, 7) is -0.977. The monoisotopic (exact) mass is 364 g/mol. The first-order valence-electron chi connectivity index (χ1n) is 5.47. The first-order chi connectivity index (χ1) is 9.40. The van der Waals surface area contributed by atoms with Crippen molar-refractivity contribution in [3.63, 3.8) is 0 Å². The number of halogens is 4. The summed E-state index contributed by atoms with van der Waals surface area (Å²) in [6.07, 6.45) is -2.81. The number of hydrogen-bond donors (Lipinski definition) is 1. The van der Waals surface area contributed by atoms with E-state index in [4.69, 9.17) is 11.6 Å². The van der Waals surface area contributed by atoms with Gasteiger partial charge in [-0.15, -0.1) is 0 Å². The van der Waals surface area contributed by atoms with Crippen LogP contribution < -0.4 is 11.2 Å². The van der Waals surface area contributed by atoms with E-state index in [1.54, 1.807) is 24.3 Å². The average Bonchev–Trinajstić information content (AvgIpc) is 2.36. The number of rotatable bonds is 3. The normalized spacial score (nSPS) is 11.1. The molecule has 0 aliphatic heterocycles. The molecule has 1 N–H and O–H groups in total. The Bertz CT molecular complexity index is 741. The van der Waals surface area contributed by atoms with E-state index in [9.17, 15) is 18.4 Å². The molecule has 0 radical (unpaired) electrons. The SMILES string of the molecule is O=c1[nH]c(Cl)c(-c2ccc(Br)cc2)c(=O)n1CC(F)F. The quantitative estimate of drug-likeness (QED) is 0.851. The summed E-state index contributed by atoms with van der Waals surface area (Å²) < 4.78 is 26.1. The van der Waals surface area contributed by atoms with Crippen LogP contribution in [0.1, 0.15) is 0 Å². The van der Waals surface area contributed by atoms with Crippen LogP contribution in [0.5, 0.6) is 0 Å². The number of aromatic nitrogens is 2. The molecule has 0 spiro atoms. The fourth-order valence-electron chi connectivity index (χ4n) is 1.72. The molecule has 8 heteroatoms. The number of nitrogens with one attached hydrogen (secondary N) is 1. The van der Waals surface area contributed by atoms with Crippen molar-refractivity contribution in [2.45, 2.75) is 13.0 Å². The minimum Gasteiger partial charge on any atom is -0.297 e. The van der Waals surface area contributed by atoms with Crippen molar-refractivity contribution in [3.05, 3.63) is 54.7 Å². The number of alkyl halides is 2. The second-order valence-corrected chi connectivity index (χ2v) is 5.23. The Labute approximate surface area is 125 Å². The minimum atomic E-state index is -2.81. The van der Waals surface area contributed by atoms with Gasteiger partial charge in [-0.05, 0) is 17.7 Å². The zero-order chi connectivity index (χ0) is 14.9. The Kier molecular flexibility index (Phi) is 4.39. The molecule has 1 aromatic heterocycles. The van der Waals surface area contributed by atoms with Gasteiger partial charge in [0.15, 0.2) is 0 Å². The second kappa shape index (κ2) is 5.88. The molecule has 0 amide bonds. The number of hydrogen-bond acceptors (Lipinski definition) is 2. The van der Waals surface area contributed by atoms with Crippen molar-refractivity contribution >= 4 is 27.5 Å². The van der Waals surface area contributed by atoms with Crippen LogP contribution in [0.25, 0.3) is 11.1 Å². The van der Waals surface area contributed by atoms with E-state index in [1.807, 2.05) is 0 Å². The molecule has 2 rings (SSSR count). The van der Waals surface area contributed by atoms with E-state index in [1.165, 1.54) is 0 Å². The van der Waals surface area contributed by atoms with Gasteiger partial charge in [-0.2, -0.15) is 0 Å². The van der Waals surface area contributed by atoms with Crippen LogP contribution in [0.4, 0.5) is 8.78 Å². The average molecular weight is 366 g/mol. The van der Waals surface area contributed by atoms with Gasteiger partial charge in [0.1, 0.15) is 5.15 Å². The van der Waals surface area contributed by atoms with E-state index in [0.717, 1.165) is 4.47 Å². The zero-order valence-electron chi connectivity index (χ0n) is 9.87. The largest absolute Gasteiger partial charge is 0.329 e. The van der Waals surface area contributed by atoms with Crippen molar-refractivity contribution in [2.24, 2.45) is 0 Å². The van der Waals surface area contributed by atoms with E-state index < -0.39 is 24.2 Å². The highest BCUT2D eigenvalue weighted by atomic mass is 79.9. The highest BCUT2D eigenvalue weighted by molar-refractivity contribution is 9.10. The molecule has 0 unspecified atom stereocenters. The van der Waals surface area contributed by atoms with Crippen molar-refractivity contribution in [2.75, 3.05) is 0 Å². The van der Waals surface area contributed by atoms with Crippen LogP contribution in [0.3, 0.4) is 0 Å². The Morgan fingerprint density at radius 2 is 1.85 bits per heavy atom. The lowest BCUT2D eigenvalue weighted by atomic mass is 10.1. The molecular weight excluding hydrogens is 357 g/mol. The van der Waals surface area contributed by atoms with Crippen molar-refractivity contribution in [3.8, 4) is 11.1 Å². The van der Waals surface area contributed by atoms with Gasteiger partial charge in [-0.25, -0.2) is 13.6 Å². The van der Waals surface area contributed by atoms with Crippen molar-refractivity contribution in [1.82, 2.24) is 9.55 Å². The van der Waals surface area contributed by atoms with Gasteiger partial charge >= 0.3 is 5.69 Å². The molecule has 2 aromatic rings. The Morgan fingerprint density at radius 3 is 2.40 bits per heavy atom. The molecule has 0 bridgehead atoms. The second-order valence-electron chi connectivity index (χ2n) is 3.93. The van der Waals surface area contributed by atoms with Gasteiger partial charge in [0, 0.05) is 4.47 Å². The molecule has 20 heavy (non-hydrogen) atoms. The molecule has 0 saturated heterocycles. The van der Waals surface area contributed by atoms with Gasteiger partial charge in [-0.3, -0.25) is 14.3 Å². The molecular formula is C12H8BrClF2N2O2. The number of H-pyrrole nitrogens is 1. The summed E-state index contributed by atoms with van der Waals surface area (Å²) in [6, 6.07) is 6.54. The van der Waals surface area contributed by atoms with E-state index in [-0.39, 0.29) is 10.7 Å². The maximum atomic E-state index is 12.4. The summed E-state index contributed by atoms with van der Waals surface area (Å²) in [7, 11) is 0. The topological polar surface area (TPSA) is 54.9 Å². The van der Waals surface area contributed by atoms with E-state index in [2.05, 4.69) is 20.9 Å². The van der Waals surface area contributed by atoms with Crippen LogP contribution in [0.2, 0.25) is 5.15 Å². The molecule has 0 saturated carbocycles. The predicted octanol–water partition coefficient (Wildman–Crippen LogP) is 2.88. The third kappa shape index (κ3) is 2.99. The fourth-order valence-corrected chi connectivity index (χ4v) is 2.25. The third-order valence-corrected chi connectivity index (χ3v) is 3.41. The zero-order valence-corrected chi connectivity index (χ0v) is 12.2. The lowest BCUT2D eigenvalue weighted by Crippen LogP contribution is -2.38. The van der Waals surface area contributed by atoms with Crippen molar-refractivity contribution in [1.29, 1.82) is 0 Å². The molecule has 0 atom stereocenters. The molecule has 106 valence electrons. The summed E-state index contributed by atoms with van der Waals surface area (Å²) in [4.78, 5) is 25.9. The van der Waals surface area contributed by atoms with Gasteiger partial charge in [0.25, 0.3) is 12.0 Å². The van der Waals surface area contributed by atoms with Crippen LogP contribution in [-0.2, 0) is 6.54 Å². The van der Waals surface area contributed by atoms with Gasteiger partial charge in [0.2, 0.25) is 0 Å². The number of aromatic amines is 1. The standard InChI is InChI=1S/C12H8BrClF2N2O2/c13-7-3-1-6(2-4-7)9-10(14)17-12(20)18(11(9)19)5-8(15)16/h1-4,8H,5H2,(H,17,20). The Balaban J connectivity index is 2.67. The lowest BCUT2D eigenvalue weighted by Gasteiger charge is -2.09. The molecule has 0 aliphatic rings. The van der Waals surface area contributed by atoms with Gasteiger partial charge in [0.05, 0.1) is 12.1 Å². The first-order valence-corrected chi connectivity index (χ1v) is 6.64. The van der Waals surface area contributed by atoms with E-state index in [0.29, 0.717) is 10.1 Å². The summed E-state index contributed by atoms with van der Waals surface area (Å²) in [5.74, 6) is 0. The first kappa shape index (κ1) is 14.9. The van der Waals surface area contributed by atoms with Crippen LogP contribution in [0, 0.1) is 0 Å². The fraction of sp³-hybridized carbons (Fsp3) is 0.167. The van der Waals surface area contributed by atoms with Crippen LogP contribution in [-0.4, -0.2) is 16.0 Å². The van der Waals surface area contributed by atoms with Gasteiger partial charge in [-0.1, -0.05) is 39.7 Å². The van der Waals surface area contributed by atoms with E-state index >= 15 is 0 Å². The number of nitrogens with zero attached hydrogens (tertiary/aromatic N) is 1. The predicted molar refractivity (Wildman–Crippen MR) is 75.5 cm³/mol. The molecule has 4 nitrogen and oxygen atoms in total.